The SMILES string of the molecule is C[C@H](CNC(=O)Cc1cn2ccsc2n1)CC1(C)OCCO1. The Labute approximate surface area is 133 Å². The van der Waals surface area contributed by atoms with E-state index >= 15 is 0 Å². The summed E-state index contributed by atoms with van der Waals surface area (Å²) in [7, 11) is 0. The first-order chi connectivity index (χ1) is 10.5. The Morgan fingerprint density at radius 2 is 2.32 bits per heavy atom. The molecule has 1 amide bonds. The Bertz CT molecular complexity index is 617. The van der Waals surface area contributed by atoms with Crippen molar-refractivity contribution in [1.82, 2.24) is 14.7 Å². The maximum absolute atomic E-state index is 12.0. The molecule has 1 atom stereocenters. The van der Waals surface area contributed by atoms with Gasteiger partial charge < -0.3 is 14.8 Å². The van der Waals surface area contributed by atoms with Gasteiger partial charge in [0.2, 0.25) is 5.91 Å². The summed E-state index contributed by atoms with van der Waals surface area (Å²) in [5, 5.41) is 4.94. The topological polar surface area (TPSA) is 64.9 Å². The number of imidazole rings is 1. The van der Waals surface area contributed by atoms with Crippen molar-refractivity contribution in [3.8, 4) is 0 Å². The van der Waals surface area contributed by atoms with Gasteiger partial charge in [0.25, 0.3) is 0 Å². The Balaban J connectivity index is 1.44. The van der Waals surface area contributed by atoms with E-state index in [4.69, 9.17) is 9.47 Å². The molecule has 7 heteroatoms. The van der Waals surface area contributed by atoms with Crippen LogP contribution in [-0.2, 0) is 20.7 Å². The number of rotatable bonds is 6. The van der Waals surface area contributed by atoms with Gasteiger partial charge in [-0.2, -0.15) is 0 Å². The molecule has 0 unspecified atom stereocenters. The minimum absolute atomic E-state index is 0.00369. The maximum Gasteiger partial charge on any atom is 0.226 e. The zero-order valence-electron chi connectivity index (χ0n) is 12.9. The van der Waals surface area contributed by atoms with Gasteiger partial charge in [-0.05, 0) is 12.8 Å². The number of thiazole rings is 1. The molecular weight excluding hydrogens is 302 g/mol. The normalized spacial score (nSPS) is 18.6. The molecule has 120 valence electrons. The zero-order valence-corrected chi connectivity index (χ0v) is 13.7. The van der Waals surface area contributed by atoms with Gasteiger partial charge >= 0.3 is 0 Å². The molecule has 0 aromatic carbocycles. The fourth-order valence-electron chi connectivity index (χ4n) is 2.76. The number of aromatic nitrogens is 2. The van der Waals surface area contributed by atoms with Crippen LogP contribution in [0.25, 0.3) is 4.96 Å². The lowest BCUT2D eigenvalue weighted by atomic mass is 10.0. The summed E-state index contributed by atoms with van der Waals surface area (Å²) in [6, 6.07) is 0. The van der Waals surface area contributed by atoms with Gasteiger partial charge in [0.1, 0.15) is 0 Å². The van der Waals surface area contributed by atoms with Crippen LogP contribution in [0.5, 0.6) is 0 Å². The summed E-state index contributed by atoms with van der Waals surface area (Å²) in [4.78, 5) is 17.3. The van der Waals surface area contributed by atoms with Crippen LogP contribution in [0.4, 0.5) is 0 Å². The number of ether oxygens (including phenoxy) is 2. The second-order valence-electron chi connectivity index (χ2n) is 5.95. The lowest BCUT2D eigenvalue weighted by molar-refractivity contribution is -0.154. The number of carbonyl (C=O) groups excluding carboxylic acids is 1. The average Bonchev–Trinajstić information content (AvgIpc) is 3.12. The van der Waals surface area contributed by atoms with Crippen LogP contribution in [0.15, 0.2) is 17.8 Å². The number of nitrogens with zero attached hydrogens (tertiary/aromatic N) is 2. The average molecular weight is 323 g/mol. The first kappa shape index (κ1) is 15.5. The Kier molecular flexibility index (Phi) is 4.46. The monoisotopic (exact) mass is 323 g/mol. The third kappa shape index (κ3) is 3.66. The second-order valence-corrected chi connectivity index (χ2v) is 6.82. The maximum atomic E-state index is 12.0. The Hall–Kier alpha value is -1.44. The van der Waals surface area contributed by atoms with E-state index in [1.807, 2.05) is 29.1 Å². The van der Waals surface area contributed by atoms with Crippen molar-refractivity contribution in [1.29, 1.82) is 0 Å². The van der Waals surface area contributed by atoms with Crippen LogP contribution in [0, 0.1) is 5.92 Å². The van der Waals surface area contributed by atoms with Crippen molar-refractivity contribution in [2.45, 2.75) is 32.5 Å². The molecule has 1 fully saturated rings. The van der Waals surface area contributed by atoms with Gasteiger partial charge in [-0.25, -0.2) is 4.98 Å². The van der Waals surface area contributed by atoms with E-state index in [-0.39, 0.29) is 11.8 Å². The standard InChI is InChI=1S/C15H21N3O3S/c1-11(8-15(2)20-4-5-21-15)9-16-13(19)7-12-10-18-3-6-22-14(18)17-12/h3,6,10-11H,4-5,7-9H2,1-2H3,(H,16,19)/t11-/m0/s1. The second kappa shape index (κ2) is 6.36. The predicted octanol–water partition coefficient (Wildman–Crippen LogP) is 1.84. The van der Waals surface area contributed by atoms with Crippen LogP contribution in [0.2, 0.25) is 0 Å². The Morgan fingerprint density at radius 3 is 3.05 bits per heavy atom. The van der Waals surface area contributed by atoms with Crippen LogP contribution in [0.1, 0.15) is 26.0 Å². The number of fused-ring (bicyclic) bond motifs is 1. The molecule has 1 saturated heterocycles. The van der Waals surface area contributed by atoms with Crippen LogP contribution < -0.4 is 5.32 Å². The predicted molar refractivity (Wildman–Crippen MR) is 83.9 cm³/mol. The molecular formula is C15H21N3O3S. The van der Waals surface area contributed by atoms with Crippen LogP contribution in [-0.4, -0.2) is 40.8 Å². The summed E-state index contributed by atoms with van der Waals surface area (Å²) in [6.45, 7) is 5.95. The highest BCUT2D eigenvalue weighted by Crippen LogP contribution is 2.26. The van der Waals surface area contributed by atoms with Crippen LogP contribution in [0.3, 0.4) is 0 Å². The smallest absolute Gasteiger partial charge is 0.226 e. The molecule has 1 aliphatic rings. The van der Waals surface area contributed by atoms with Crippen molar-refractivity contribution < 1.29 is 14.3 Å². The van der Waals surface area contributed by atoms with E-state index in [0.29, 0.717) is 26.2 Å². The van der Waals surface area contributed by atoms with Crippen molar-refractivity contribution >= 4 is 22.2 Å². The van der Waals surface area contributed by atoms with E-state index in [0.717, 1.165) is 17.1 Å². The number of nitrogens with one attached hydrogen (secondary N) is 1. The van der Waals surface area contributed by atoms with E-state index < -0.39 is 5.79 Å². The van der Waals surface area contributed by atoms with Crippen molar-refractivity contribution in [2.24, 2.45) is 5.92 Å². The highest BCUT2D eigenvalue weighted by molar-refractivity contribution is 7.15. The minimum Gasteiger partial charge on any atom is -0.355 e. The van der Waals surface area contributed by atoms with E-state index in [9.17, 15) is 4.79 Å². The number of amides is 1. The first-order valence-corrected chi connectivity index (χ1v) is 8.38. The summed E-state index contributed by atoms with van der Waals surface area (Å²) in [6.07, 6.45) is 4.92. The van der Waals surface area contributed by atoms with Crippen molar-refractivity contribution in [3.05, 3.63) is 23.5 Å². The van der Waals surface area contributed by atoms with Crippen molar-refractivity contribution in [2.75, 3.05) is 19.8 Å². The summed E-state index contributed by atoms with van der Waals surface area (Å²) >= 11 is 1.56. The summed E-state index contributed by atoms with van der Waals surface area (Å²) in [5.74, 6) is -0.216. The molecule has 0 radical (unpaired) electrons. The van der Waals surface area contributed by atoms with Gasteiger partial charge in [-0.15, -0.1) is 11.3 Å². The van der Waals surface area contributed by atoms with Crippen molar-refractivity contribution in [3.63, 3.8) is 0 Å². The quantitative estimate of drug-likeness (QED) is 0.881. The largest absolute Gasteiger partial charge is 0.355 e. The highest BCUT2D eigenvalue weighted by atomic mass is 32.1. The summed E-state index contributed by atoms with van der Waals surface area (Å²) < 4.78 is 13.1. The molecule has 0 aliphatic carbocycles. The molecule has 1 N–H and O–H groups in total. The molecule has 2 aromatic rings. The minimum atomic E-state index is -0.502. The fourth-order valence-corrected chi connectivity index (χ4v) is 3.48. The number of carbonyl (C=O) groups is 1. The van der Waals surface area contributed by atoms with Gasteiger partial charge in [0.15, 0.2) is 10.7 Å². The molecule has 0 spiro atoms. The molecule has 6 nitrogen and oxygen atoms in total. The zero-order chi connectivity index (χ0) is 15.6. The number of hydrogen-bond donors (Lipinski definition) is 1. The van der Waals surface area contributed by atoms with Gasteiger partial charge in [0, 0.05) is 30.7 Å². The molecule has 1 aliphatic heterocycles. The molecule has 0 bridgehead atoms. The Morgan fingerprint density at radius 1 is 1.55 bits per heavy atom. The van der Waals surface area contributed by atoms with Gasteiger partial charge in [-0.3, -0.25) is 9.20 Å². The number of hydrogen-bond acceptors (Lipinski definition) is 5. The third-order valence-electron chi connectivity index (χ3n) is 3.75. The molecule has 22 heavy (non-hydrogen) atoms. The van der Waals surface area contributed by atoms with E-state index in [2.05, 4.69) is 17.2 Å². The van der Waals surface area contributed by atoms with E-state index in [1.54, 1.807) is 11.3 Å². The fraction of sp³-hybridized carbons (Fsp3) is 0.600. The summed E-state index contributed by atoms with van der Waals surface area (Å²) in [5.41, 5.74) is 0.798. The molecule has 2 aromatic heterocycles. The lowest BCUT2D eigenvalue weighted by Crippen LogP contribution is -2.35. The third-order valence-corrected chi connectivity index (χ3v) is 4.52. The highest BCUT2D eigenvalue weighted by Gasteiger charge is 2.32. The first-order valence-electron chi connectivity index (χ1n) is 7.50. The molecule has 3 rings (SSSR count). The molecule has 3 heterocycles. The lowest BCUT2D eigenvalue weighted by Gasteiger charge is -2.25. The van der Waals surface area contributed by atoms with Gasteiger partial charge in [0.05, 0.1) is 25.3 Å². The van der Waals surface area contributed by atoms with Gasteiger partial charge in [-0.1, -0.05) is 6.92 Å². The van der Waals surface area contributed by atoms with Crippen LogP contribution >= 0.6 is 11.3 Å². The van der Waals surface area contributed by atoms with E-state index in [1.165, 1.54) is 0 Å². The molecule has 0 saturated carbocycles.